The van der Waals surface area contributed by atoms with Gasteiger partial charge in [-0.1, -0.05) is 41.2 Å². The maximum Gasteiger partial charge on any atom is 0.257 e. The normalized spacial score (nSPS) is 10.4. The third-order valence-electron chi connectivity index (χ3n) is 3.30. The summed E-state index contributed by atoms with van der Waals surface area (Å²) in [4.78, 5) is 28.5. The summed E-state index contributed by atoms with van der Waals surface area (Å²) in [5.74, 6) is -0.319. The van der Waals surface area contributed by atoms with E-state index in [0.717, 1.165) is 16.9 Å². The fraction of sp³-hybridized carbons (Fsp3) is 0.0588. The molecule has 2 aromatic carbocycles. The van der Waals surface area contributed by atoms with Crippen molar-refractivity contribution in [3.63, 3.8) is 0 Å². The molecule has 0 spiro atoms. The number of carbonyl (C=O) groups is 1. The number of hydrogen-bond acceptors (Lipinski definition) is 5. The highest BCUT2D eigenvalue weighted by molar-refractivity contribution is 7.80. The molecule has 3 rings (SSSR count). The Morgan fingerprint density at radius 3 is 2.58 bits per heavy atom. The summed E-state index contributed by atoms with van der Waals surface area (Å²) in [7, 11) is 0. The molecule has 7 heteroatoms. The second kappa shape index (κ2) is 6.86. The number of amides is 1. The van der Waals surface area contributed by atoms with Crippen molar-refractivity contribution in [2.45, 2.75) is 6.92 Å². The van der Waals surface area contributed by atoms with Crippen molar-refractivity contribution in [3.05, 3.63) is 69.2 Å². The largest absolute Gasteiger partial charge is 0.308 e. The van der Waals surface area contributed by atoms with Crippen molar-refractivity contribution in [1.82, 2.24) is 10.3 Å². The first-order valence-electron chi connectivity index (χ1n) is 7.12. The molecular formula is C17H13N3O2S2. The fourth-order valence-electron chi connectivity index (χ4n) is 2.08. The van der Waals surface area contributed by atoms with Gasteiger partial charge in [-0.15, -0.1) is 0 Å². The van der Waals surface area contributed by atoms with Crippen LogP contribution in [0.4, 0.5) is 5.13 Å². The number of para-hydroxylation sites is 1. The van der Waals surface area contributed by atoms with E-state index in [2.05, 4.69) is 15.6 Å². The molecule has 0 atom stereocenters. The number of anilines is 1. The molecule has 120 valence electrons. The minimum absolute atomic E-state index is 0.0963. The van der Waals surface area contributed by atoms with Crippen LogP contribution in [0.5, 0.6) is 0 Å². The van der Waals surface area contributed by atoms with E-state index in [4.69, 9.17) is 12.2 Å². The highest BCUT2D eigenvalue weighted by atomic mass is 32.1. The molecule has 1 aromatic heterocycles. The van der Waals surface area contributed by atoms with E-state index in [1.54, 1.807) is 36.4 Å². The Kier molecular flexibility index (Phi) is 4.64. The lowest BCUT2D eigenvalue weighted by Gasteiger charge is -2.09. The Labute approximate surface area is 147 Å². The number of nitrogens with zero attached hydrogens (tertiary/aromatic N) is 1. The van der Waals surface area contributed by atoms with E-state index < -0.39 is 0 Å². The van der Waals surface area contributed by atoms with Crippen LogP contribution in [0.2, 0.25) is 0 Å². The number of carbonyl (C=O) groups excluding carboxylic acids is 1. The van der Waals surface area contributed by atoms with Crippen LogP contribution in [-0.4, -0.2) is 16.0 Å². The lowest BCUT2D eigenvalue weighted by atomic mass is 10.1. The van der Waals surface area contributed by atoms with Gasteiger partial charge in [0.1, 0.15) is 0 Å². The molecular weight excluding hydrogens is 342 g/mol. The smallest absolute Gasteiger partial charge is 0.257 e. The Morgan fingerprint density at radius 1 is 1.12 bits per heavy atom. The van der Waals surface area contributed by atoms with Crippen LogP contribution < -0.4 is 15.4 Å². The van der Waals surface area contributed by atoms with Crippen molar-refractivity contribution in [3.8, 4) is 0 Å². The summed E-state index contributed by atoms with van der Waals surface area (Å²) in [6.45, 7) is 1.95. The molecule has 3 aromatic rings. The van der Waals surface area contributed by atoms with Crippen LogP contribution in [-0.2, 0) is 0 Å². The SMILES string of the molecule is Cc1ccc(C(=O)NC(=S)Nc2nc3ccccc3c(=O)s2)cc1. The Bertz CT molecular complexity index is 981. The first-order valence-corrected chi connectivity index (χ1v) is 8.34. The molecule has 1 heterocycles. The summed E-state index contributed by atoms with van der Waals surface area (Å²) in [6, 6.07) is 14.2. The van der Waals surface area contributed by atoms with Crippen LogP contribution in [0.1, 0.15) is 15.9 Å². The van der Waals surface area contributed by atoms with Crippen molar-refractivity contribution < 1.29 is 4.79 Å². The molecule has 0 fully saturated rings. The molecule has 0 bridgehead atoms. The van der Waals surface area contributed by atoms with Crippen molar-refractivity contribution in [2.24, 2.45) is 0 Å². The molecule has 1 amide bonds. The molecule has 0 aliphatic heterocycles. The topological polar surface area (TPSA) is 71.1 Å². The highest BCUT2D eigenvalue weighted by Gasteiger charge is 2.10. The van der Waals surface area contributed by atoms with Crippen molar-refractivity contribution in [2.75, 3.05) is 5.32 Å². The van der Waals surface area contributed by atoms with Gasteiger partial charge in [-0.05, 0) is 43.4 Å². The number of benzene rings is 2. The Morgan fingerprint density at radius 2 is 1.83 bits per heavy atom. The van der Waals surface area contributed by atoms with Gasteiger partial charge in [0.25, 0.3) is 5.91 Å². The zero-order valence-electron chi connectivity index (χ0n) is 12.7. The van der Waals surface area contributed by atoms with Gasteiger partial charge in [-0.2, -0.15) is 0 Å². The minimum atomic E-state index is -0.319. The molecule has 0 aliphatic rings. The molecule has 0 unspecified atom stereocenters. The van der Waals surface area contributed by atoms with E-state index in [9.17, 15) is 9.59 Å². The molecule has 24 heavy (non-hydrogen) atoms. The fourth-order valence-corrected chi connectivity index (χ4v) is 3.09. The average Bonchev–Trinajstić information content (AvgIpc) is 2.55. The third-order valence-corrected chi connectivity index (χ3v) is 4.29. The number of nitrogens with one attached hydrogen (secondary N) is 2. The number of aryl methyl sites for hydroxylation is 1. The Hall–Kier alpha value is -2.64. The molecule has 0 radical (unpaired) electrons. The van der Waals surface area contributed by atoms with Gasteiger partial charge in [-0.3, -0.25) is 14.9 Å². The maximum absolute atomic E-state index is 12.1. The summed E-state index contributed by atoms with van der Waals surface area (Å²) in [5, 5.41) is 6.37. The van der Waals surface area contributed by atoms with Gasteiger partial charge in [0.15, 0.2) is 10.2 Å². The maximum atomic E-state index is 12.1. The van der Waals surface area contributed by atoms with Gasteiger partial charge in [0, 0.05) is 5.56 Å². The lowest BCUT2D eigenvalue weighted by Crippen LogP contribution is -2.34. The van der Waals surface area contributed by atoms with Crippen LogP contribution in [0, 0.1) is 6.92 Å². The summed E-state index contributed by atoms with van der Waals surface area (Å²) in [6.07, 6.45) is 0. The number of hydrogen-bond donors (Lipinski definition) is 2. The van der Waals surface area contributed by atoms with Gasteiger partial charge in [0.2, 0.25) is 4.74 Å². The zero-order chi connectivity index (χ0) is 17.1. The van der Waals surface area contributed by atoms with E-state index in [-0.39, 0.29) is 15.8 Å². The number of fused-ring (bicyclic) bond motifs is 1. The monoisotopic (exact) mass is 355 g/mol. The number of rotatable bonds is 2. The van der Waals surface area contributed by atoms with Gasteiger partial charge in [0.05, 0.1) is 10.9 Å². The van der Waals surface area contributed by atoms with Crippen LogP contribution in [0.25, 0.3) is 10.9 Å². The molecule has 0 saturated heterocycles. The van der Waals surface area contributed by atoms with E-state index in [1.165, 1.54) is 0 Å². The van der Waals surface area contributed by atoms with Gasteiger partial charge in [-0.25, -0.2) is 4.98 Å². The summed E-state index contributed by atoms with van der Waals surface area (Å²) >= 11 is 6.07. The minimum Gasteiger partial charge on any atom is -0.308 e. The van der Waals surface area contributed by atoms with Crippen molar-refractivity contribution in [1.29, 1.82) is 0 Å². The summed E-state index contributed by atoms with van der Waals surface area (Å²) < 4.78 is -0.115. The van der Waals surface area contributed by atoms with Crippen LogP contribution in [0.15, 0.2) is 53.3 Å². The Balaban J connectivity index is 1.74. The number of aromatic nitrogens is 1. The lowest BCUT2D eigenvalue weighted by molar-refractivity contribution is 0.0978. The van der Waals surface area contributed by atoms with E-state index >= 15 is 0 Å². The first kappa shape index (κ1) is 16.2. The zero-order valence-corrected chi connectivity index (χ0v) is 14.3. The second-order valence-corrected chi connectivity index (χ2v) is 6.47. The molecule has 5 nitrogen and oxygen atoms in total. The average molecular weight is 355 g/mol. The van der Waals surface area contributed by atoms with Gasteiger partial charge < -0.3 is 5.32 Å². The standard InChI is InChI=1S/C17H13N3O2S2/c1-10-6-8-11(9-7-10)14(21)19-16(23)20-17-18-13-5-3-2-4-12(13)15(22)24-17/h2-9H,1H3,(H2,18,19,20,21,23). The predicted molar refractivity (Wildman–Crippen MR) is 101 cm³/mol. The molecule has 0 saturated carbocycles. The second-order valence-electron chi connectivity index (χ2n) is 5.10. The molecule has 2 N–H and O–H groups in total. The van der Waals surface area contributed by atoms with Crippen molar-refractivity contribution >= 4 is 50.6 Å². The number of thiocarbonyl (C=S) groups is 1. The van der Waals surface area contributed by atoms with Crippen LogP contribution >= 0.6 is 23.6 Å². The van der Waals surface area contributed by atoms with Gasteiger partial charge >= 0.3 is 0 Å². The van der Waals surface area contributed by atoms with E-state index in [1.807, 2.05) is 19.1 Å². The van der Waals surface area contributed by atoms with E-state index in [0.29, 0.717) is 21.6 Å². The summed E-state index contributed by atoms with van der Waals surface area (Å²) in [5.41, 5.74) is 2.15. The highest BCUT2D eigenvalue weighted by Crippen LogP contribution is 2.14. The van der Waals surface area contributed by atoms with Crippen LogP contribution in [0.3, 0.4) is 0 Å². The quantitative estimate of drug-likeness (QED) is 0.691. The first-order chi connectivity index (χ1) is 11.5. The predicted octanol–water partition coefficient (Wildman–Crippen LogP) is 3.09. The third kappa shape index (κ3) is 3.64. The molecule has 0 aliphatic carbocycles.